The number of esters is 1. The van der Waals surface area contributed by atoms with E-state index in [1.165, 1.54) is 0 Å². The molecule has 5 nitrogen and oxygen atoms in total. The Morgan fingerprint density at radius 2 is 2.00 bits per heavy atom. The van der Waals surface area contributed by atoms with Crippen LogP contribution in [0.2, 0.25) is 6.82 Å². The molecule has 1 aliphatic rings. The van der Waals surface area contributed by atoms with Gasteiger partial charge in [-0.05, 0) is 70.9 Å². The average Bonchev–Trinajstić information content (AvgIpc) is 2.68. The van der Waals surface area contributed by atoms with Crippen LogP contribution in [0.15, 0.2) is 29.2 Å². The number of ether oxygens (including phenoxy) is 2. The molecule has 2 rings (SSSR count). The summed E-state index contributed by atoms with van der Waals surface area (Å²) in [6, 6.07) is 7.85. The lowest BCUT2D eigenvalue weighted by Gasteiger charge is -2.40. The summed E-state index contributed by atoms with van der Waals surface area (Å²) in [7, 11) is -0.484. The molecular weight excluding hydrogens is 361 g/mol. The van der Waals surface area contributed by atoms with Crippen LogP contribution in [-0.4, -0.2) is 54.9 Å². The minimum Gasteiger partial charge on any atom is -0.481 e. The first-order chi connectivity index (χ1) is 13.0. The minimum atomic E-state index is -0.502. The summed E-state index contributed by atoms with van der Waals surface area (Å²) < 4.78 is 10.9. The fourth-order valence-corrected chi connectivity index (χ4v) is 4.24. The lowest BCUT2D eigenvalue weighted by atomic mass is 9.74. The van der Waals surface area contributed by atoms with Crippen molar-refractivity contribution in [2.75, 3.05) is 32.1 Å². The number of hydrogen-bond donors (Lipinski definition) is 1. The third-order valence-corrected chi connectivity index (χ3v) is 6.12. The lowest BCUT2D eigenvalue weighted by molar-refractivity contribution is -0.156. The van der Waals surface area contributed by atoms with Crippen LogP contribution >= 0.6 is 11.8 Å². The van der Waals surface area contributed by atoms with E-state index in [0.29, 0.717) is 44.9 Å². The summed E-state index contributed by atoms with van der Waals surface area (Å²) >= 11 is 1.66. The van der Waals surface area contributed by atoms with Crippen LogP contribution < -0.4 is 4.74 Å². The Labute approximate surface area is 166 Å². The number of nitrogens with zero attached hydrogens (tertiary/aromatic N) is 1. The van der Waals surface area contributed by atoms with Gasteiger partial charge in [0, 0.05) is 10.6 Å². The van der Waals surface area contributed by atoms with Gasteiger partial charge in [0.1, 0.15) is 12.4 Å². The molecule has 1 heterocycles. The molecule has 1 aromatic rings. The molecule has 146 valence electrons. The summed E-state index contributed by atoms with van der Waals surface area (Å²) in [5, 5.41) is 9.78. The molecular formula is C20H28BNO4S. The van der Waals surface area contributed by atoms with Crippen molar-refractivity contribution in [1.82, 2.24) is 4.81 Å². The highest BCUT2D eigenvalue weighted by molar-refractivity contribution is 7.99. The van der Waals surface area contributed by atoms with Crippen molar-refractivity contribution in [1.29, 1.82) is 0 Å². The Morgan fingerprint density at radius 1 is 1.33 bits per heavy atom. The topological polar surface area (TPSA) is 59.0 Å². The number of carbonyl (C=O) groups excluding carboxylic acids is 1. The van der Waals surface area contributed by atoms with E-state index in [0.717, 1.165) is 10.6 Å². The maximum absolute atomic E-state index is 12.7. The van der Waals surface area contributed by atoms with Crippen LogP contribution in [0.1, 0.15) is 26.7 Å². The molecule has 0 aliphatic carbocycles. The number of hydrogen-bond acceptors (Lipinski definition) is 6. The normalized spacial score (nSPS) is 16.1. The van der Waals surface area contributed by atoms with Gasteiger partial charge in [-0.15, -0.1) is 17.7 Å². The van der Waals surface area contributed by atoms with E-state index in [9.17, 15) is 9.82 Å². The quantitative estimate of drug-likeness (QED) is 0.319. The van der Waals surface area contributed by atoms with Crippen LogP contribution in [0.4, 0.5) is 0 Å². The molecule has 0 saturated carbocycles. The monoisotopic (exact) mass is 389 g/mol. The van der Waals surface area contributed by atoms with E-state index < -0.39 is 12.5 Å². The van der Waals surface area contributed by atoms with E-state index in [1.807, 2.05) is 36.0 Å². The first kappa shape index (κ1) is 21.7. The second kappa shape index (κ2) is 10.7. The zero-order chi connectivity index (χ0) is 19.7. The van der Waals surface area contributed by atoms with Gasteiger partial charge in [-0.2, -0.15) is 0 Å². The highest BCUT2D eigenvalue weighted by Gasteiger charge is 2.43. The summed E-state index contributed by atoms with van der Waals surface area (Å²) in [5.74, 6) is 7.00. The number of piperidine rings is 1. The maximum atomic E-state index is 12.7. The van der Waals surface area contributed by atoms with Crippen LogP contribution in [0.25, 0.3) is 0 Å². The van der Waals surface area contributed by atoms with E-state index in [-0.39, 0.29) is 5.97 Å². The van der Waals surface area contributed by atoms with Crippen LogP contribution in [0, 0.1) is 17.3 Å². The van der Waals surface area contributed by atoms with E-state index in [2.05, 4.69) is 11.8 Å². The number of rotatable bonds is 8. The Balaban J connectivity index is 1.99. The van der Waals surface area contributed by atoms with Gasteiger partial charge in [-0.1, -0.05) is 5.92 Å². The molecule has 1 aliphatic heterocycles. The zero-order valence-electron chi connectivity index (χ0n) is 16.4. The minimum absolute atomic E-state index is 0.124. The fourth-order valence-electron chi connectivity index (χ4n) is 3.06. The summed E-state index contributed by atoms with van der Waals surface area (Å²) in [6.07, 6.45) is 1.39. The van der Waals surface area contributed by atoms with Gasteiger partial charge in [-0.3, -0.25) is 4.79 Å². The predicted octanol–water partition coefficient (Wildman–Crippen LogP) is 2.94. The first-order valence-corrected chi connectivity index (χ1v) is 10.3. The Bertz CT molecular complexity index is 661. The number of thioether (sulfide) groups is 1. The molecule has 27 heavy (non-hydrogen) atoms. The third-order valence-electron chi connectivity index (χ3n) is 4.82. The molecule has 0 unspecified atom stereocenters. The molecule has 7 heteroatoms. The number of carbonyl (C=O) groups is 1. The van der Waals surface area contributed by atoms with E-state index >= 15 is 0 Å². The molecule has 0 radical (unpaired) electrons. The summed E-state index contributed by atoms with van der Waals surface area (Å²) in [6.45, 7) is 7.55. The van der Waals surface area contributed by atoms with Crippen molar-refractivity contribution in [3.8, 4) is 17.6 Å². The molecule has 0 amide bonds. The molecule has 1 saturated heterocycles. The molecule has 0 spiro atoms. The SMILES string of the molecule is CC#CCOc1ccc(SCC2(C(=O)OCC)CCN(B(C)O)CC2)cc1. The fraction of sp³-hybridized carbons (Fsp3) is 0.550. The molecule has 1 aromatic carbocycles. The highest BCUT2D eigenvalue weighted by atomic mass is 32.2. The van der Waals surface area contributed by atoms with Gasteiger partial charge in [0.05, 0.1) is 12.0 Å². The van der Waals surface area contributed by atoms with Crippen molar-refractivity contribution < 1.29 is 19.3 Å². The Hall–Kier alpha value is -1.62. The Kier molecular flexibility index (Phi) is 8.55. The zero-order valence-corrected chi connectivity index (χ0v) is 17.2. The number of benzene rings is 1. The maximum Gasteiger partial charge on any atom is 0.376 e. The van der Waals surface area contributed by atoms with Gasteiger partial charge in [0.15, 0.2) is 0 Å². The van der Waals surface area contributed by atoms with Crippen molar-refractivity contribution >= 4 is 24.8 Å². The van der Waals surface area contributed by atoms with Crippen LogP contribution in [0.3, 0.4) is 0 Å². The molecule has 0 bridgehead atoms. The van der Waals surface area contributed by atoms with Crippen LogP contribution in [0.5, 0.6) is 5.75 Å². The second-order valence-electron chi connectivity index (χ2n) is 6.64. The van der Waals surface area contributed by atoms with Gasteiger partial charge in [-0.25, -0.2) is 0 Å². The molecule has 0 atom stereocenters. The lowest BCUT2D eigenvalue weighted by Crippen LogP contribution is -2.50. The second-order valence-corrected chi connectivity index (χ2v) is 7.69. The van der Waals surface area contributed by atoms with Gasteiger partial charge in [0.2, 0.25) is 0 Å². The summed E-state index contributed by atoms with van der Waals surface area (Å²) in [5.41, 5.74) is -0.502. The standard InChI is InChI=1S/C20H28BNO4S/c1-4-6-15-26-17-7-9-18(10-8-17)27-16-20(19(23)25-5-2)11-13-22(14-12-20)21(3)24/h7-10,24H,5,11-16H2,1-3H3. The van der Waals surface area contributed by atoms with Gasteiger partial charge in [0.25, 0.3) is 0 Å². The third kappa shape index (κ3) is 6.20. The van der Waals surface area contributed by atoms with Crippen molar-refractivity contribution in [2.45, 2.75) is 38.4 Å². The molecule has 1 fully saturated rings. The molecule has 0 aromatic heterocycles. The molecule has 1 N–H and O–H groups in total. The van der Waals surface area contributed by atoms with E-state index in [1.54, 1.807) is 25.5 Å². The predicted molar refractivity (Wildman–Crippen MR) is 110 cm³/mol. The van der Waals surface area contributed by atoms with Crippen molar-refractivity contribution in [3.63, 3.8) is 0 Å². The van der Waals surface area contributed by atoms with Crippen molar-refractivity contribution in [3.05, 3.63) is 24.3 Å². The van der Waals surface area contributed by atoms with Gasteiger partial charge < -0.3 is 19.3 Å². The highest BCUT2D eigenvalue weighted by Crippen LogP contribution is 2.39. The van der Waals surface area contributed by atoms with Crippen LogP contribution in [-0.2, 0) is 9.53 Å². The van der Waals surface area contributed by atoms with E-state index in [4.69, 9.17) is 9.47 Å². The first-order valence-electron chi connectivity index (χ1n) is 9.35. The largest absolute Gasteiger partial charge is 0.481 e. The average molecular weight is 389 g/mol. The van der Waals surface area contributed by atoms with Crippen molar-refractivity contribution in [2.24, 2.45) is 5.41 Å². The smallest absolute Gasteiger partial charge is 0.376 e. The van der Waals surface area contributed by atoms with Gasteiger partial charge >= 0.3 is 13.0 Å². The summed E-state index contributed by atoms with van der Waals surface area (Å²) in [4.78, 5) is 15.8. The Morgan fingerprint density at radius 3 is 2.56 bits per heavy atom.